The summed E-state index contributed by atoms with van der Waals surface area (Å²) in [6, 6.07) is 3.94. The molecular weight excluding hydrogens is 248 g/mol. The van der Waals surface area contributed by atoms with E-state index in [1.165, 1.54) is 0 Å². The number of rotatable bonds is 3. The highest BCUT2D eigenvalue weighted by molar-refractivity contribution is 7.17. The predicted octanol–water partition coefficient (Wildman–Crippen LogP) is 2.99. The van der Waals surface area contributed by atoms with Crippen molar-refractivity contribution in [2.75, 3.05) is 11.4 Å². The Labute approximate surface area is 110 Å². The molecule has 0 amide bonds. The van der Waals surface area contributed by atoms with Gasteiger partial charge in [-0.25, -0.2) is 4.98 Å². The van der Waals surface area contributed by atoms with Crippen molar-refractivity contribution in [2.45, 2.75) is 26.3 Å². The fraction of sp³-hybridized carbons (Fsp3) is 0.385. The molecule has 5 heteroatoms. The number of hydrogen-bond donors (Lipinski definition) is 1. The first-order chi connectivity index (χ1) is 8.39. The molecule has 0 radical (unpaired) electrons. The molecule has 0 spiro atoms. The maximum absolute atomic E-state index is 11.0. The van der Waals surface area contributed by atoms with Gasteiger partial charge in [0.2, 0.25) is 0 Å². The highest BCUT2D eigenvalue weighted by Gasteiger charge is 2.26. The van der Waals surface area contributed by atoms with Crippen molar-refractivity contribution in [3.8, 4) is 0 Å². The van der Waals surface area contributed by atoms with Gasteiger partial charge in [-0.3, -0.25) is 4.79 Å². The maximum atomic E-state index is 11.0. The van der Waals surface area contributed by atoms with E-state index in [-0.39, 0.29) is 12.1 Å². The minimum Gasteiger partial charge on any atom is -0.480 e. The summed E-state index contributed by atoms with van der Waals surface area (Å²) in [4.78, 5) is 17.2. The Bertz CT molecular complexity index is 572. The molecule has 0 aliphatic heterocycles. The molecule has 2 aromatic rings. The van der Waals surface area contributed by atoms with Gasteiger partial charge >= 0.3 is 5.97 Å². The third-order valence-electron chi connectivity index (χ3n) is 2.72. The fourth-order valence-corrected chi connectivity index (χ4v) is 2.64. The molecule has 2 heterocycles. The molecule has 0 saturated heterocycles. The Morgan fingerprint density at radius 2 is 2.17 bits per heavy atom. The van der Waals surface area contributed by atoms with E-state index >= 15 is 0 Å². The number of carbonyl (C=O) groups is 1. The molecule has 2 aromatic heterocycles. The average Bonchev–Trinajstić information content (AvgIpc) is 2.71. The first-order valence-electron chi connectivity index (χ1n) is 5.71. The second-order valence-corrected chi connectivity index (χ2v) is 6.07. The largest absolute Gasteiger partial charge is 0.480 e. The number of carboxylic acid groups (broad SMARTS) is 1. The van der Waals surface area contributed by atoms with Crippen molar-refractivity contribution in [1.29, 1.82) is 0 Å². The number of carboxylic acids is 1. The summed E-state index contributed by atoms with van der Waals surface area (Å²) in [6.07, 6.45) is 1.73. The van der Waals surface area contributed by atoms with E-state index in [4.69, 9.17) is 5.11 Å². The third kappa shape index (κ3) is 2.46. The van der Waals surface area contributed by atoms with Crippen LogP contribution < -0.4 is 4.90 Å². The second kappa shape index (κ2) is 4.57. The zero-order valence-corrected chi connectivity index (χ0v) is 11.5. The number of anilines is 1. The molecule has 0 atom stereocenters. The molecule has 0 aliphatic carbocycles. The molecule has 0 aromatic carbocycles. The van der Waals surface area contributed by atoms with E-state index in [0.717, 1.165) is 15.9 Å². The number of thiophene rings is 1. The highest BCUT2D eigenvalue weighted by Crippen LogP contribution is 2.31. The molecule has 18 heavy (non-hydrogen) atoms. The number of hydrogen-bond acceptors (Lipinski definition) is 4. The van der Waals surface area contributed by atoms with Crippen LogP contribution >= 0.6 is 11.3 Å². The predicted molar refractivity (Wildman–Crippen MR) is 74.4 cm³/mol. The molecule has 0 saturated carbocycles. The van der Waals surface area contributed by atoms with Crippen molar-refractivity contribution in [3.63, 3.8) is 0 Å². The van der Waals surface area contributed by atoms with Crippen LogP contribution in [0.1, 0.15) is 20.8 Å². The van der Waals surface area contributed by atoms with Crippen LogP contribution in [-0.2, 0) is 4.79 Å². The Hall–Kier alpha value is -1.62. The van der Waals surface area contributed by atoms with Gasteiger partial charge in [0.1, 0.15) is 12.4 Å². The topological polar surface area (TPSA) is 53.4 Å². The monoisotopic (exact) mass is 264 g/mol. The summed E-state index contributed by atoms with van der Waals surface area (Å²) in [5, 5.41) is 12.1. The number of aromatic nitrogens is 1. The van der Waals surface area contributed by atoms with Crippen molar-refractivity contribution in [2.24, 2.45) is 0 Å². The van der Waals surface area contributed by atoms with Crippen molar-refractivity contribution in [1.82, 2.24) is 4.98 Å². The van der Waals surface area contributed by atoms with Gasteiger partial charge in [0, 0.05) is 21.8 Å². The van der Waals surface area contributed by atoms with Gasteiger partial charge in [-0.15, -0.1) is 11.3 Å². The van der Waals surface area contributed by atoms with Gasteiger partial charge < -0.3 is 10.0 Å². The van der Waals surface area contributed by atoms with Gasteiger partial charge in [-0.2, -0.15) is 0 Å². The molecule has 0 aliphatic rings. The highest BCUT2D eigenvalue weighted by atomic mass is 32.1. The van der Waals surface area contributed by atoms with Crippen LogP contribution in [0.2, 0.25) is 0 Å². The van der Waals surface area contributed by atoms with Crippen LogP contribution in [0, 0.1) is 0 Å². The van der Waals surface area contributed by atoms with Gasteiger partial charge in [0.15, 0.2) is 0 Å². The van der Waals surface area contributed by atoms with Crippen LogP contribution in [0.4, 0.5) is 5.82 Å². The zero-order valence-electron chi connectivity index (χ0n) is 10.7. The number of pyridine rings is 1. The molecule has 96 valence electrons. The Kier molecular flexibility index (Phi) is 3.26. The van der Waals surface area contributed by atoms with Crippen molar-refractivity contribution in [3.05, 3.63) is 23.7 Å². The fourth-order valence-electron chi connectivity index (χ4n) is 1.86. The summed E-state index contributed by atoms with van der Waals surface area (Å²) in [5.74, 6) is -0.109. The summed E-state index contributed by atoms with van der Waals surface area (Å²) >= 11 is 1.63. The van der Waals surface area contributed by atoms with Crippen LogP contribution in [0.3, 0.4) is 0 Å². The summed E-state index contributed by atoms with van der Waals surface area (Å²) in [5.41, 5.74) is -0.290. The molecular formula is C13H16N2O2S. The van der Waals surface area contributed by atoms with Gasteiger partial charge in [-0.05, 0) is 38.3 Å². The SMILES string of the molecule is CC(C)(C)N(CC(=O)O)c1nccc2sccc12. The maximum Gasteiger partial charge on any atom is 0.323 e. The van der Waals surface area contributed by atoms with Gasteiger partial charge in [0.25, 0.3) is 0 Å². The van der Waals surface area contributed by atoms with Crippen molar-refractivity contribution >= 4 is 33.2 Å². The molecule has 0 fully saturated rings. The standard InChI is InChI=1S/C13H16N2O2S/c1-13(2,3)15(8-11(16)17)12-9-5-7-18-10(9)4-6-14-12/h4-7H,8H2,1-3H3,(H,16,17). The lowest BCUT2D eigenvalue weighted by Crippen LogP contribution is -2.45. The van der Waals surface area contributed by atoms with Crippen molar-refractivity contribution < 1.29 is 9.90 Å². The second-order valence-electron chi connectivity index (χ2n) is 5.12. The zero-order chi connectivity index (χ0) is 13.3. The number of fused-ring (bicyclic) bond motifs is 1. The minimum absolute atomic E-state index is 0.0501. The van der Waals surface area contributed by atoms with Gasteiger partial charge in [-0.1, -0.05) is 0 Å². The van der Waals surface area contributed by atoms with Gasteiger partial charge in [0.05, 0.1) is 0 Å². The first kappa shape index (κ1) is 12.8. The van der Waals surface area contributed by atoms with E-state index < -0.39 is 5.97 Å². The van der Waals surface area contributed by atoms with Crippen LogP contribution in [0.5, 0.6) is 0 Å². The van der Waals surface area contributed by atoms with E-state index in [1.54, 1.807) is 17.5 Å². The smallest absolute Gasteiger partial charge is 0.323 e. The summed E-state index contributed by atoms with van der Waals surface area (Å²) in [7, 11) is 0. The Balaban J connectivity index is 2.54. The molecule has 0 bridgehead atoms. The third-order valence-corrected chi connectivity index (χ3v) is 3.60. The van der Waals surface area contributed by atoms with E-state index in [1.807, 2.05) is 43.2 Å². The van der Waals surface area contributed by atoms with Crippen LogP contribution in [0.25, 0.3) is 10.1 Å². The molecule has 0 unspecified atom stereocenters. The minimum atomic E-state index is -0.848. The Morgan fingerprint density at radius 3 is 2.78 bits per heavy atom. The summed E-state index contributed by atoms with van der Waals surface area (Å²) < 4.78 is 1.12. The molecule has 1 N–H and O–H groups in total. The lowest BCUT2D eigenvalue weighted by atomic mass is 10.1. The Morgan fingerprint density at radius 1 is 1.44 bits per heavy atom. The average molecular weight is 264 g/mol. The quantitative estimate of drug-likeness (QED) is 0.926. The van der Waals surface area contributed by atoms with E-state index in [0.29, 0.717) is 0 Å². The molecule has 4 nitrogen and oxygen atoms in total. The van der Waals surface area contributed by atoms with E-state index in [2.05, 4.69) is 4.98 Å². The lowest BCUT2D eigenvalue weighted by molar-refractivity contribution is -0.135. The summed E-state index contributed by atoms with van der Waals surface area (Å²) in [6.45, 7) is 5.92. The van der Waals surface area contributed by atoms with E-state index in [9.17, 15) is 4.79 Å². The first-order valence-corrected chi connectivity index (χ1v) is 6.59. The van der Waals surface area contributed by atoms with Crippen LogP contribution in [0.15, 0.2) is 23.7 Å². The molecule has 2 rings (SSSR count). The lowest BCUT2D eigenvalue weighted by Gasteiger charge is -2.35. The number of aliphatic carboxylic acids is 1. The number of nitrogens with zero attached hydrogens (tertiary/aromatic N) is 2. The normalized spacial score (nSPS) is 11.7. The van der Waals surface area contributed by atoms with Crippen LogP contribution in [-0.4, -0.2) is 28.1 Å².